The second kappa shape index (κ2) is 5.96. The lowest BCUT2D eigenvalue weighted by atomic mass is 10.1. The van der Waals surface area contributed by atoms with Crippen molar-refractivity contribution in [3.8, 4) is 5.75 Å². The van der Waals surface area contributed by atoms with Crippen molar-refractivity contribution in [2.75, 3.05) is 18.7 Å². The maximum absolute atomic E-state index is 12.0. The number of hydrogen-bond acceptors (Lipinski definition) is 5. The number of ether oxygens (including phenoxy) is 1. The quantitative estimate of drug-likeness (QED) is 0.858. The molecule has 2 rings (SSSR count). The molecule has 112 valence electrons. The van der Waals surface area contributed by atoms with Gasteiger partial charge in [0.1, 0.15) is 5.75 Å². The highest BCUT2D eigenvalue weighted by molar-refractivity contribution is 7.90. The Morgan fingerprint density at radius 2 is 2.24 bits per heavy atom. The van der Waals surface area contributed by atoms with Crippen LogP contribution in [0.15, 0.2) is 35.3 Å². The van der Waals surface area contributed by atoms with Crippen LogP contribution in [0.25, 0.3) is 0 Å². The first-order valence-electron chi connectivity index (χ1n) is 6.48. The van der Waals surface area contributed by atoms with Gasteiger partial charge in [0.2, 0.25) is 5.91 Å². The van der Waals surface area contributed by atoms with E-state index >= 15 is 0 Å². The fourth-order valence-corrected chi connectivity index (χ4v) is 2.75. The molecule has 1 aromatic heterocycles. The van der Waals surface area contributed by atoms with Gasteiger partial charge in [-0.2, -0.15) is 5.10 Å². The third-order valence-corrected chi connectivity index (χ3v) is 3.92. The molecule has 0 bridgehead atoms. The van der Waals surface area contributed by atoms with Gasteiger partial charge in [-0.25, -0.2) is 8.42 Å². The number of sulfone groups is 1. The van der Waals surface area contributed by atoms with Crippen LogP contribution in [0.3, 0.4) is 0 Å². The summed E-state index contributed by atoms with van der Waals surface area (Å²) >= 11 is 0. The molecule has 0 radical (unpaired) electrons. The summed E-state index contributed by atoms with van der Waals surface area (Å²) in [5.74, 6) is 0.182. The molecule has 7 nitrogen and oxygen atoms in total. The fourth-order valence-electron chi connectivity index (χ4n) is 1.80. The SMILES string of the molecule is [2H]c1cc(NC(=O)Cc2ccc(OC)cc2S(C)(=O)=O)n[nH]1. The predicted molar refractivity (Wildman–Crippen MR) is 77.0 cm³/mol. The van der Waals surface area contributed by atoms with E-state index in [1.165, 1.54) is 25.3 Å². The number of H-pyrrole nitrogens is 1. The van der Waals surface area contributed by atoms with Crippen LogP contribution in [0.1, 0.15) is 6.93 Å². The minimum absolute atomic E-state index is 0.0465. The van der Waals surface area contributed by atoms with Crippen LogP contribution < -0.4 is 10.1 Å². The normalized spacial score (nSPS) is 11.8. The average Bonchev–Trinajstić information content (AvgIpc) is 2.83. The van der Waals surface area contributed by atoms with Gasteiger partial charge in [-0.3, -0.25) is 9.89 Å². The standard InChI is InChI=1S/C13H15N3O4S/c1-20-10-4-3-9(11(8-10)21(2,18)19)7-13(17)15-12-5-6-14-16-12/h3-6,8H,7H2,1-2H3,(H2,14,15,16,17)/i6D. The monoisotopic (exact) mass is 310 g/mol. The fraction of sp³-hybridized carbons (Fsp3) is 0.231. The number of amides is 1. The van der Waals surface area contributed by atoms with E-state index in [1.54, 1.807) is 6.07 Å². The third kappa shape index (κ3) is 3.82. The molecule has 0 aliphatic rings. The molecule has 0 aliphatic carbocycles. The van der Waals surface area contributed by atoms with Gasteiger partial charge in [-0.05, 0) is 17.7 Å². The molecule has 8 heteroatoms. The van der Waals surface area contributed by atoms with Crippen LogP contribution in [0.2, 0.25) is 0 Å². The molecule has 2 aromatic rings. The van der Waals surface area contributed by atoms with E-state index in [0.29, 0.717) is 11.3 Å². The largest absolute Gasteiger partial charge is 0.497 e. The summed E-state index contributed by atoms with van der Waals surface area (Å²) in [6, 6.07) is 5.86. The molecule has 1 heterocycles. The number of anilines is 1. The number of nitrogens with zero attached hydrogens (tertiary/aromatic N) is 1. The van der Waals surface area contributed by atoms with Gasteiger partial charge in [0.25, 0.3) is 0 Å². The van der Waals surface area contributed by atoms with Crippen LogP contribution in [-0.2, 0) is 21.1 Å². The Kier molecular flexibility index (Phi) is 3.87. The predicted octanol–water partition coefficient (Wildman–Crippen LogP) is 1.00. The van der Waals surface area contributed by atoms with Gasteiger partial charge < -0.3 is 10.1 Å². The summed E-state index contributed by atoms with van der Waals surface area (Å²) in [5.41, 5.74) is 0.363. The number of aromatic amines is 1. The van der Waals surface area contributed by atoms with E-state index in [1.807, 2.05) is 0 Å². The lowest BCUT2D eigenvalue weighted by Crippen LogP contribution is -2.16. The van der Waals surface area contributed by atoms with Crippen molar-refractivity contribution in [1.82, 2.24) is 10.2 Å². The Balaban J connectivity index is 2.23. The molecule has 2 N–H and O–H groups in total. The van der Waals surface area contributed by atoms with Gasteiger partial charge >= 0.3 is 0 Å². The van der Waals surface area contributed by atoms with Gasteiger partial charge in [0.15, 0.2) is 15.7 Å². The summed E-state index contributed by atoms with van der Waals surface area (Å²) < 4.78 is 36.0. The second-order valence-corrected chi connectivity index (χ2v) is 6.35. The molecule has 0 aliphatic heterocycles. The molecule has 0 atom stereocenters. The number of methoxy groups -OCH3 is 1. The number of rotatable bonds is 5. The van der Waals surface area contributed by atoms with Gasteiger partial charge in [0.05, 0.1) is 19.8 Å². The van der Waals surface area contributed by atoms with Crippen molar-refractivity contribution in [1.29, 1.82) is 0 Å². The summed E-state index contributed by atoms with van der Waals surface area (Å²) in [4.78, 5) is 12.0. The Bertz CT molecular complexity index is 801. The van der Waals surface area contributed by atoms with Crippen molar-refractivity contribution in [2.24, 2.45) is 0 Å². The molecule has 0 fully saturated rings. The second-order valence-electron chi connectivity index (χ2n) is 4.37. The van der Waals surface area contributed by atoms with E-state index in [4.69, 9.17) is 6.11 Å². The molecular formula is C13H15N3O4S. The molecule has 0 spiro atoms. The van der Waals surface area contributed by atoms with Crippen LogP contribution in [0.5, 0.6) is 5.75 Å². The highest BCUT2D eigenvalue weighted by Gasteiger charge is 2.17. The smallest absolute Gasteiger partial charge is 0.230 e. The summed E-state index contributed by atoms with van der Waals surface area (Å²) in [6.45, 7) is 0. The van der Waals surface area contributed by atoms with E-state index in [9.17, 15) is 13.2 Å². The number of carbonyl (C=O) groups is 1. The lowest BCUT2D eigenvalue weighted by Gasteiger charge is -2.10. The minimum atomic E-state index is -3.49. The van der Waals surface area contributed by atoms with Crippen molar-refractivity contribution < 1.29 is 19.3 Å². The van der Waals surface area contributed by atoms with Crippen molar-refractivity contribution in [2.45, 2.75) is 11.3 Å². The molecule has 1 amide bonds. The topological polar surface area (TPSA) is 101 Å². The van der Waals surface area contributed by atoms with Crippen molar-refractivity contribution in [3.05, 3.63) is 36.0 Å². The number of carbonyl (C=O) groups excluding carboxylic acids is 1. The van der Waals surface area contributed by atoms with E-state index in [2.05, 4.69) is 15.5 Å². The highest BCUT2D eigenvalue weighted by Crippen LogP contribution is 2.23. The van der Waals surface area contributed by atoms with Crippen LogP contribution in [-0.4, -0.2) is 37.9 Å². The molecule has 1 aromatic carbocycles. The highest BCUT2D eigenvalue weighted by atomic mass is 32.2. The van der Waals surface area contributed by atoms with Gasteiger partial charge in [0, 0.05) is 18.5 Å². The lowest BCUT2D eigenvalue weighted by molar-refractivity contribution is -0.115. The number of benzene rings is 1. The zero-order valence-corrected chi connectivity index (χ0v) is 12.3. The molecule has 21 heavy (non-hydrogen) atoms. The molecule has 0 saturated heterocycles. The Morgan fingerprint density at radius 3 is 2.81 bits per heavy atom. The summed E-state index contributed by atoms with van der Waals surface area (Å²) in [5, 5.41) is 8.58. The molecule has 0 unspecified atom stereocenters. The molecule has 0 saturated carbocycles. The first kappa shape index (κ1) is 13.6. The van der Waals surface area contributed by atoms with Crippen LogP contribution in [0.4, 0.5) is 5.82 Å². The first-order valence-corrected chi connectivity index (χ1v) is 7.87. The van der Waals surface area contributed by atoms with E-state index < -0.39 is 15.7 Å². The first-order chi connectivity index (χ1) is 10.3. The Morgan fingerprint density at radius 1 is 1.48 bits per heavy atom. The Labute approximate surface area is 123 Å². The number of hydrogen-bond donors (Lipinski definition) is 2. The van der Waals surface area contributed by atoms with Crippen molar-refractivity contribution >= 4 is 21.6 Å². The maximum Gasteiger partial charge on any atom is 0.230 e. The third-order valence-electron chi connectivity index (χ3n) is 2.74. The van der Waals surface area contributed by atoms with E-state index in [-0.39, 0.29) is 23.3 Å². The van der Waals surface area contributed by atoms with Gasteiger partial charge in [-0.15, -0.1) is 0 Å². The van der Waals surface area contributed by atoms with Gasteiger partial charge in [-0.1, -0.05) is 6.07 Å². The summed E-state index contributed by atoms with van der Waals surface area (Å²) in [6.07, 6.45) is 1.01. The zero-order valence-electron chi connectivity index (χ0n) is 12.5. The Hall–Kier alpha value is -2.35. The molecular weight excluding hydrogens is 294 g/mol. The van der Waals surface area contributed by atoms with Crippen LogP contribution >= 0.6 is 0 Å². The van der Waals surface area contributed by atoms with Crippen molar-refractivity contribution in [3.63, 3.8) is 0 Å². The van der Waals surface area contributed by atoms with E-state index in [0.717, 1.165) is 6.26 Å². The zero-order chi connectivity index (χ0) is 16.3. The van der Waals surface area contributed by atoms with Crippen LogP contribution in [0, 0.1) is 0 Å². The average molecular weight is 310 g/mol. The number of aromatic nitrogens is 2. The summed E-state index contributed by atoms with van der Waals surface area (Å²) in [7, 11) is -2.06. The maximum atomic E-state index is 12.0. The number of nitrogens with one attached hydrogen (secondary N) is 2. The minimum Gasteiger partial charge on any atom is -0.497 e.